The maximum Gasteiger partial charge on any atom is 0.131 e. The third-order valence-corrected chi connectivity index (χ3v) is 4.18. The molecule has 0 fully saturated rings. The van der Waals surface area contributed by atoms with Gasteiger partial charge in [-0.25, -0.2) is 0 Å². The number of thioether (sulfide) groups is 1. The van der Waals surface area contributed by atoms with Crippen molar-refractivity contribution in [1.29, 1.82) is 0 Å². The number of aromatic nitrogens is 4. The van der Waals surface area contributed by atoms with Crippen molar-refractivity contribution >= 4 is 23.4 Å². The number of halogens is 1. The summed E-state index contributed by atoms with van der Waals surface area (Å²) in [7, 11) is 3.81. The standard InChI is InChI=1S/C11H15ClN4S/c1-7-5-10(15(3)13-7)17-6-9-8(2)14-16(4)11(9)12/h5H,6H2,1-4H3. The topological polar surface area (TPSA) is 35.6 Å². The molecular weight excluding hydrogens is 256 g/mol. The minimum Gasteiger partial charge on any atom is -0.262 e. The summed E-state index contributed by atoms with van der Waals surface area (Å²) in [5.74, 6) is 0.817. The van der Waals surface area contributed by atoms with Crippen molar-refractivity contribution in [3.8, 4) is 0 Å². The SMILES string of the molecule is Cc1cc(SCc2c(C)nn(C)c2Cl)n(C)n1. The van der Waals surface area contributed by atoms with E-state index in [1.54, 1.807) is 16.4 Å². The molecule has 0 bridgehead atoms. The minimum absolute atomic E-state index is 0.717. The van der Waals surface area contributed by atoms with Crippen LogP contribution in [-0.2, 0) is 19.8 Å². The Bertz CT molecular complexity index is 544. The van der Waals surface area contributed by atoms with Crippen LogP contribution in [0, 0.1) is 13.8 Å². The Balaban J connectivity index is 2.15. The molecule has 0 aliphatic carbocycles. The second-order valence-electron chi connectivity index (χ2n) is 4.01. The van der Waals surface area contributed by atoms with Gasteiger partial charge in [-0.15, -0.1) is 11.8 Å². The Morgan fingerprint density at radius 1 is 1.24 bits per heavy atom. The fourth-order valence-corrected chi connectivity index (χ4v) is 3.15. The molecule has 2 aromatic rings. The van der Waals surface area contributed by atoms with Crippen LogP contribution in [0.3, 0.4) is 0 Å². The second-order valence-corrected chi connectivity index (χ2v) is 5.37. The van der Waals surface area contributed by atoms with Crippen LogP contribution in [0.5, 0.6) is 0 Å². The lowest BCUT2D eigenvalue weighted by atomic mass is 10.3. The van der Waals surface area contributed by atoms with Crippen molar-refractivity contribution in [3.63, 3.8) is 0 Å². The second kappa shape index (κ2) is 4.74. The van der Waals surface area contributed by atoms with Crippen LogP contribution in [-0.4, -0.2) is 19.6 Å². The Labute approximate surface area is 110 Å². The van der Waals surface area contributed by atoms with E-state index >= 15 is 0 Å². The van der Waals surface area contributed by atoms with E-state index < -0.39 is 0 Å². The summed E-state index contributed by atoms with van der Waals surface area (Å²) in [6.45, 7) is 3.97. The molecule has 0 spiro atoms. The molecular formula is C11H15ClN4S. The highest BCUT2D eigenvalue weighted by atomic mass is 35.5. The molecule has 0 aromatic carbocycles. The van der Waals surface area contributed by atoms with Crippen molar-refractivity contribution in [3.05, 3.63) is 28.2 Å². The van der Waals surface area contributed by atoms with Gasteiger partial charge in [-0.2, -0.15) is 10.2 Å². The number of aryl methyl sites for hydroxylation is 4. The van der Waals surface area contributed by atoms with Crippen LogP contribution in [0.2, 0.25) is 5.15 Å². The number of hydrogen-bond donors (Lipinski definition) is 0. The lowest BCUT2D eigenvalue weighted by Gasteiger charge is -2.01. The first kappa shape index (κ1) is 12.5. The maximum absolute atomic E-state index is 6.19. The van der Waals surface area contributed by atoms with Crippen LogP contribution in [0.25, 0.3) is 0 Å². The first-order chi connectivity index (χ1) is 7.99. The zero-order valence-corrected chi connectivity index (χ0v) is 11.9. The molecule has 4 nitrogen and oxygen atoms in total. The predicted octanol–water partition coefficient (Wildman–Crippen LogP) is 2.72. The lowest BCUT2D eigenvalue weighted by molar-refractivity contribution is 0.692. The summed E-state index contributed by atoms with van der Waals surface area (Å²) in [6, 6.07) is 2.07. The molecule has 6 heteroatoms. The summed E-state index contributed by atoms with van der Waals surface area (Å²) in [6.07, 6.45) is 0. The summed E-state index contributed by atoms with van der Waals surface area (Å²) >= 11 is 7.92. The molecule has 0 saturated heterocycles. The zero-order valence-electron chi connectivity index (χ0n) is 10.4. The van der Waals surface area contributed by atoms with Gasteiger partial charge < -0.3 is 0 Å². The van der Waals surface area contributed by atoms with E-state index in [-0.39, 0.29) is 0 Å². The van der Waals surface area contributed by atoms with E-state index in [2.05, 4.69) is 16.3 Å². The van der Waals surface area contributed by atoms with Crippen LogP contribution in [0.1, 0.15) is 17.0 Å². The van der Waals surface area contributed by atoms with Gasteiger partial charge in [-0.1, -0.05) is 11.6 Å². The largest absolute Gasteiger partial charge is 0.262 e. The number of nitrogens with zero attached hydrogens (tertiary/aromatic N) is 4. The van der Waals surface area contributed by atoms with Gasteiger partial charge in [0.05, 0.1) is 16.4 Å². The van der Waals surface area contributed by atoms with Crippen LogP contribution in [0.15, 0.2) is 11.1 Å². The van der Waals surface area contributed by atoms with Crippen molar-refractivity contribution in [2.75, 3.05) is 0 Å². The van der Waals surface area contributed by atoms with Crippen LogP contribution in [0.4, 0.5) is 0 Å². The van der Waals surface area contributed by atoms with Gasteiger partial charge in [0.1, 0.15) is 5.15 Å². The Morgan fingerprint density at radius 3 is 2.41 bits per heavy atom. The molecule has 0 N–H and O–H groups in total. The van der Waals surface area contributed by atoms with Gasteiger partial charge in [-0.3, -0.25) is 9.36 Å². The van der Waals surface area contributed by atoms with Gasteiger partial charge in [0.15, 0.2) is 0 Å². The monoisotopic (exact) mass is 270 g/mol. The molecule has 2 aromatic heterocycles. The van der Waals surface area contributed by atoms with E-state index in [1.807, 2.05) is 32.6 Å². The molecule has 2 heterocycles. The van der Waals surface area contributed by atoms with Gasteiger partial charge in [0.2, 0.25) is 0 Å². The highest BCUT2D eigenvalue weighted by Crippen LogP contribution is 2.28. The van der Waals surface area contributed by atoms with E-state index in [9.17, 15) is 0 Å². The third kappa shape index (κ3) is 2.50. The fraction of sp³-hybridized carbons (Fsp3) is 0.455. The van der Waals surface area contributed by atoms with Gasteiger partial charge in [0.25, 0.3) is 0 Å². The van der Waals surface area contributed by atoms with E-state index in [0.717, 1.165) is 27.7 Å². The number of rotatable bonds is 3. The highest BCUT2D eigenvalue weighted by molar-refractivity contribution is 7.98. The van der Waals surface area contributed by atoms with Crippen molar-refractivity contribution in [2.24, 2.45) is 14.1 Å². The molecule has 0 atom stereocenters. The zero-order chi connectivity index (χ0) is 12.6. The average molecular weight is 271 g/mol. The molecule has 0 radical (unpaired) electrons. The molecule has 0 aliphatic heterocycles. The fourth-order valence-electron chi connectivity index (χ4n) is 1.71. The molecule has 0 amide bonds. The van der Waals surface area contributed by atoms with E-state index in [1.165, 1.54) is 0 Å². The third-order valence-electron chi connectivity index (χ3n) is 2.59. The molecule has 2 rings (SSSR count). The average Bonchev–Trinajstić information content (AvgIpc) is 2.67. The Kier molecular flexibility index (Phi) is 3.49. The summed E-state index contributed by atoms with van der Waals surface area (Å²) in [5.41, 5.74) is 3.12. The van der Waals surface area contributed by atoms with E-state index in [4.69, 9.17) is 11.6 Å². The van der Waals surface area contributed by atoms with Gasteiger partial charge in [0, 0.05) is 25.4 Å². The van der Waals surface area contributed by atoms with Crippen LogP contribution < -0.4 is 0 Å². The normalized spacial score (nSPS) is 11.1. The molecule has 0 saturated carbocycles. The van der Waals surface area contributed by atoms with Gasteiger partial charge >= 0.3 is 0 Å². The van der Waals surface area contributed by atoms with Crippen molar-refractivity contribution in [2.45, 2.75) is 24.6 Å². The van der Waals surface area contributed by atoms with Crippen molar-refractivity contribution < 1.29 is 0 Å². The first-order valence-electron chi connectivity index (χ1n) is 5.30. The lowest BCUT2D eigenvalue weighted by Crippen LogP contribution is -1.93. The van der Waals surface area contributed by atoms with Crippen LogP contribution >= 0.6 is 23.4 Å². The smallest absolute Gasteiger partial charge is 0.131 e. The summed E-state index contributed by atoms with van der Waals surface area (Å²) in [4.78, 5) is 0. The summed E-state index contributed by atoms with van der Waals surface area (Å²) < 4.78 is 3.60. The number of hydrogen-bond acceptors (Lipinski definition) is 3. The molecule has 0 aliphatic rings. The van der Waals surface area contributed by atoms with Gasteiger partial charge in [-0.05, 0) is 19.9 Å². The highest BCUT2D eigenvalue weighted by Gasteiger charge is 2.12. The quantitative estimate of drug-likeness (QED) is 0.805. The van der Waals surface area contributed by atoms with Crippen molar-refractivity contribution in [1.82, 2.24) is 19.6 Å². The first-order valence-corrected chi connectivity index (χ1v) is 6.67. The molecule has 17 heavy (non-hydrogen) atoms. The maximum atomic E-state index is 6.19. The summed E-state index contributed by atoms with van der Waals surface area (Å²) in [5, 5.41) is 10.5. The minimum atomic E-state index is 0.717. The Morgan fingerprint density at radius 2 is 1.94 bits per heavy atom. The Hall–Kier alpha value is -0.940. The molecule has 92 valence electrons. The van der Waals surface area contributed by atoms with E-state index in [0.29, 0.717) is 5.15 Å². The molecule has 0 unspecified atom stereocenters. The predicted molar refractivity (Wildman–Crippen MR) is 70.5 cm³/mol.